The Bertz CT molecular complexity index is 1330. The normalized spacial score (nSPS) is 27.6. The van der Waals surface area contributed by atoms with Gasteiger partial charge in [0.1, 0.15) is 31.5 Å². The van der Waals surface area contributed by atoms with E-state index in [1.54, 1.807) is 0 Å². The molecule has 2 aliphatic rings. The van der Waals surface area contributed by atoms with Crippen molar-refractivity contribution in [1.29, 1.82) is 0 Å². The Balaban J connectivity index is 2.58. The zero-order valence-electron chi connectivity index (χ0n) is 33.3. The van der Waals surface area contributed by atoms with Gasteiger partial charge in [0.25, 0.3) is 0 Å². The molecule has 0 amide bonds. The Hall–Kier alpha value is -3.77. The first-order chi connectivity index (χ1) is 26.4. The van der Waals surface area contributed by atoms with E-state index in [4.69, 9.17) is 65.4 Å². The van der Waals surface area contributed by atoms with Crippen molar-refractivity contribution in [3.8, 4) is 0 Å². The number of esters is 7. The fourth-order valence-electron chi connectivity index (χ4n) is 5.98. The summed E-state index contributed by atoms with van der Waals surface area (Å²) in [6.07, 6.45) is -13.7. The maximum atomic E-state index is 12.6. The molecule has 0 bridgehead atoms. The average molecular weight is 827 g/mol. The first-order valence-electron chi connectivity index (χ1n) is 17.7. The highest BCUT2D eigenvalue weighted by atomic mass is 28.4. The molecule has 0 aromatic rings. The summed E-state index contributed by atoms with van der Waals surface area (Å²) in [5.41, 5.74) is 0. The molecular formula is C34H54O21Si. The second kappa shape index (κ2) is 23.5. The van der Waals surface area contributed by atoms with Crippen LogP contribution in [0.4, 0.5) is 0 Å². The lowest BCUT2D eigenvalue weighted by Gasteiger charge is -2.48. The van der Waals surface area contributed by atoms with Crippen LogP contribution in [-0.4, -0.2) is 153 Å². The topological polar surface area (TPSA) is 249 Å². The Kier molecular flexibility index (Phi) is 20.3. The van der Waals surface area contributed by atoms with E-state index in [9.17, 15) is 33.6 Å². The molecule has 0 saturated carbocycles. The molecule has 0 aromatic carbocycles. The predicted molar refractivity (Wildman–Crippen MR) is 185 cm³/mol. The van der Waals surface area contributed by atoms with Crippen LogP contribution in [0.25, 0.3) is 0 Å². The second-order valence-electron chi connectivity index (χ2n) is 12.6. The molecule has 10 atom stereocenters. The van der Waals surface area contributed by atoms with Crippen LogP contribution in [0.5, 0.6) is 0 Å². The van der Waals surface area contributed by atoms with Crippen LogP contribution >= 0.6 is 0 Å². The number of rotatable bonds is 21. The standard InChI is InChI=1S/C34H54O21Si/c1-18(35)46-16-25-27(48-20(3)37)29(49-21(4)38)32(52-24(7)41)34(54-25)55-28-26(17-47-19(2)36)53-33(31(51-23(6)40)30(28)50-22(5)39)45-14-12-11-13-15-56(42-8,43-9)44-10/h25-34H,11-17H2,1-10H3/t25-,26-,27+,28-,29+,30+,31-,32-,33+,34+/m1/s1. The number of hydrogen-bond acceptors (Lipinski definition) is 21. The predicted octanol–water partition coefficient (Wildman–Crippen LogP) is 0.671. The molecule has 320 valence electrons. The summed E-state index contributed by atoms with van der Waals surface area (Å²) >= 11 is 0. The smallest absolute Gasteiger partial charge is 0.463 e. The Labute approximate surface area is 325 Å². The first-order valence-corrected chi connectivity index (χ1v) is 19.7. The van der Waals surface area contributed by atoms with E-state index in [2.05, 4.69) is 0 Å². The lowest BCUT2D eigenvalue weighted by molar-refractivity contribution is -0.361. The maximum Gasteiger partial charge on any atom is 0.500 e. The molecule has 0 spiro atoms. The minimum Gasteiger partial charge on any atom is -0.463 e. The molecule has 2 saturated heterocycles. The highest BCUT2D eigenvalue weighted by molar-refractivity contribution is 6.60. The number of ether oxygens (including phenoxy) is 11. The molecule has 0 unspecified atom stereocenters. The van der Waals surface area contributed by atoms with Gasteiger partial charge in [0.05, 0.1) is 0 Å². The molecule has 0 N–H and O–H groups in total. The number of carbonyl (C=O) groups excluding carboxylic acids is 7. The summed E-state index contributed by atoms with van der Waals surface area (Å²) in [5.74, 6) is -5.83. The number of hydrogen-bond donors (Lipinski definition) is 0. The minimum atomic E-state index is -2.80. The molecule has 0 aliphatic carbocycles. The summed E-state index contributed by atoms with van der Waals surface area (Å²) in [6, 6.07) is 0.531. The molecule has 56 heavy (non-hydrogen) atoms. The summed E-state index contributed by atoms with van der Waals surface area (Å²) in [7, 11) is 1.73. The number of carbonyl (C=O) groups is 7. The van der Waals surface area contributed by atoms with E-state index in [0.717, 1.165) is 48.5 Å². The van der Waals surface area contributed by atoms with E-state index in [0.29, 0.717) is 25.3 Å². The van der Waals surface area contributed by atoms with Crippen LogP contribution in [0, 0.1) is 0 Å². The van der Waals surface area contributed by atoms with Gasteiger partial charge in [-0.3, -0.25) is 33.6 Å². The third-order valence-corrected chi connectivity index (χ3v) is 11.1. The van der Waals surface area contributed by atoms with Crippen molar-refractivity contribution in [3.05, 3.63) is 0 Å². The Morgan fingerprint density at radius 3 is 1.30 bits per heavy atom. The van der Waals surface area contributed by atoms with Gasteiger partial charge in [-0.25, -0.2) is 0 Å². The van der Waals surface area contributed by atoms with Crippen LogP contribution in [0.15, 0.2) is 0 Å². The lowest BCUT2D eigenvalue weighted by Crippen LogP contribution is -2.67. The van der Waals surface area contributed by atoms with E-state index in [1.165, 1.54) is 21.3 Å². The van der Waals surface area contributed by atoms with E-state index in [1.807, 2.05) is 0 Å². The molecule has 0 aromatic heterocycles. The van der Waals surface area contributed by atoms with Gasteiger partial charge in [-0.15, -0.1) is 0 Å². The zero-order chi connectivity index (χ0) is 42.2. The van der Waals surface area contributed by atoms with Gasteiger partial charge in [0.15, 0.2) is 43.1 Å². The van der Waals surface area contributed by atoms with E-state index >= 15 is 0 Å². The lowest BCUT2D eigenvalue weighted by atomic mass is 9.96. The van der Waals surface area contributed by atoms with Crippen LogP contribution in [0.1, 0.15) is 67.7 Å². The van der Waals surface area contributed by atoms with Crippen molar-refractivity contribution in [2.24, 2.45) is 0 Å². The molecule has 2 heterocycles. The van der Waals surface area contributed by atoms with Gasteiger partial charge >= 0.3 is 50.6 Å². The molecule has 2 aliphatic heterocycles. The van der Waals surface area contributed by atoms with Crippen molar-refractivity contribution in [2.75, 3.05) is 41.2 Å². The second-order valence-corrected chi connectivity index (χ2v) is 15.7. The molecule has 2 fully saturated rings. The summed E-state index contributed by atoms with van der Waals surface area (Å²) in [5, 5.41) is 0. The van der Waals surface area contributed by atoms with Crippen LogP contribution < -0.4 is 0 Å². The molecule has 22 heteroatoms. The third-order valence-electron chi connectivity index (χ3n) is 8.23. The Morgan fingerprint density at radius 2 is 0.857 bits per heavy atom. The highest BCUT2D eigenvalue weighted by Gasteiger charge is 2.57. The van der Waals surface area contributed by atoms with Crippen molar-refractivity contribution in [3.63, 3.8) is 0 Å². The van der Waals surface area contributed by atoms with Crippen LogP contribution in [0.3, 0.4) is 0 Å². The number of unbranched alkanes of at least 4 members (excludes halogenated alkanes) is 2. The van der Waals surface area contributed by atoms with Gasteiger partial charge in [-0.2, -0.15) is 0 Å². The Morgan fingerprint density at radius 1 is 0.464 bits per heavy atom. The van der Waals surface area contributed by atoms with Crippen molar-refractivity contribution < 1.29 is 98.9 Å². The fraction of sp³-hybridized carbons (Fsp3) is 0.794. The molecule has 2 rings (SSSR count). The monoisotopic (exact) mass is 826 g/mol. The van der Waals surface area contributed by atoms with Gasteiger partial charge in [-0.05, 0) is 12.8 Å². The largest absolute Gasteiger partial charge is 0.500 e. The first kappa shape index (κ1) is 48.4. The average Bonchev–Trinajstić information content (AvgIpc) is 3.10. The summed E-state index contributed by atoms with van der Waals surface area (Å²) in [6.45, 7) is 6.50. The minimum absolute atomic E-state index is 0.0578. The van der Waals surface area contributed by atoms with E-state index in [-0.39, 0.29) is 6.61 Å². The van der Waals surface area contributed by atoms with Crippen molar-refractivity contribution in [1.82, 2.24) is 0 Å². The molecular weight excluding hydrogens is 772 g/mol. The van der Waals surface area contributed by atoms with Crippen LogP contribution in [-0.2, 0) is 98.9 Å². The zero-order valence-corrected chi connectivity index (χ0v) is 34.3. The van der Waals surface area contributed by atoms with Gasteiger partial charge in [0, 0.05) is 82.4 Å². The van der Waals surface area contributed by atoms with Gasteiger partial charge in [-0.1, -0.05) is 6.42 Å². The third kappa shape index (κ3) is 15.3. The van der Waals surface area contributed by atoms with Crippen LogP contribution in [0.2, 0.25) is 6.04 Å². The van der Waals surface area contributed by atoms with E-state index < -0.39 is 125 Å². The van der Waals surface area contributed by atoms with Crippen molar-refractivity contribution in [2.45, 2.75) is 135 Å². The fourth-order valence-corrected chi connectivity index (χ4v) is 7.78. The molecule has 21 nitrogen and oxygen atoms in total. The van der Waals surface area contributed by atoms with Gasteiger partial charge in [0.2, 0.25) is 0 Å². The maximum absolute atomic E-state index is 12.6. The molecule has 0 radical (unpaired) electrons. The van der Waals surface area contributed by atoms with Crippen molar-refractivity contribution >= 4 is 50.6 Å². The highest BCUT2D eigenvalue weighted by Crippen LogP contribution is 2.35. The quantitative estimate of drug-likeness (QED) is 0.0667. The summed E-state index contributed by atoms with van der Waals surface area (Å²) < 4.78 is 79.0. The summed E-state index contributed by atoms with van der Waals surface area (Å²) in [4.78, 5) is 85.9. The van der Waals surface area contributed by atoms with Gasteiger partial charge < -0.3 is 65.4 Å². The SMILES string of the molecule is CO[Si](CCCCCO[C@H]1O[C@H](COC(C)=O)[C@@H](O[C@@H]2O[C@H](COC(C)=O)[C@H](OC(C)=O)[C@H](OC(C)=O)[C@H]2OC(C)=O)[C@H](OC(C)=O)[C@H]1OC(C)=O)(OC)OC.